The summed E-state index contributed by atoms with van der Waals surface area (Å²) < 4.78 is 1.97. The maximum absolute atomic E-state index is 4.72. The number of benzene rings is 1. The van der Waals surface area contributed by atoms with E-state index in [4.69, 9.17) is 4.99 Å². The van der Waals surface area contributed by atoms with Gasteiger partial charge in [0.1, 0.15) is 6.54 Å². The standard InChI is InChI=1S/C23H32N8/c1-3-24-23(26-18-22-28-27-21-11-7-8-12-31(21)22)25-17-19(2)29-13-15-30(16-14-29)20-9-5-4-6-10-20/h4-12,19H,3,13-18H2,1-2H3,(H2,24,25,26). The summed E-state index contributed by atoms with van der Waals surface area (Å²) in [5.74, 6) is 1.64. The van der Waals surface area contributed by atoms with Gasteiger partial charge in [-0.2, -0.15) is 0 Å². The molecule has 1 aromatic carbocycles. The molecule has 31 heavy (non-hydrogen) atoms. The first-order valence-electron chi connectivity index (χ1n) is 11.1. The van der Waals surface area contributed by atoms with E-state index >= 15 is 0 Å². The second-order valence-electron chi connectivity index (χ2n) is 7.83. The Morgan fingerprint density at radius 3 is 2.55 bits per heavy atom. The molecule has 0 spiro atoms. The number of aliphatic imine (C=N–C) groups is 1. The maximum atomic E-state index is 4.72. The van der Waals surface area contributed by atoms with Crippen molar-refractivity contribution < 1.29 is 0 Å². The van der Waals surface area contributed by atoms with Gasteiger partial charge in [0.2, 0.25) is 0 Å². The highest BCUT2D eigenvalue weighted by atomic mass is 15.3. The van der Waals surface area contributed by atoms with Gasteiger partial charge in [-0.1, -0.05) is 24.3 Å². The molecule has 164 valence electrons. The Kier molecular flexibility index (Phi) is 6.99. The Bertz CT molecular complexity index is 975. The minimum atomic E-state index is 0.427. The van der Waals surface area contributed by atoms with E-state index in [1.165, 1.54) is 5.69 Å². The molecule has 2 N–H and O–H groups in total. The van der Waals surface area contributed by atoms with Crippen molar-refractivity contribution in [3.63, 3.8) is 0 Å². The number of nitrogens with one attached hydrogen (secondary N) is 2. The van der Waals surface area contributed by atoms with E-state index in [0.29, 0.717) is 12.6 Å². The third-order valence-electron chi connectivity index (χ3n) is 5.73. The van der Waals surface area contributed by atoms with Gasteiger partial charge >= 0.3 is 0 Å². The lowest BCUT2D eigenvalue weighted by Crippen LogP contribution is -2.53. The summed E-state index contributed by atoms with van der Waals surface area (Å²) >= 11 is 0. The van der Waals surface area contributed by atoms with Gasteiger partial charge in [-0.25, -0.2) is 4.99 Å². The predicted octanol–water partition coefficient (Wildman–Crippen LogP) is 2.00. The van der Waals surface area contributed by atoms with Gasteiger partial charge in [-0.3, -0.25) is 9.30 Å². The van der Waals surface area contributed by atoms with Crippen molar-refractivity contribution in [2.45, 2.75) is 26.4 Å². The van der Waals surface area contributed by atoms with Crippen LogP contribution in [0.25, 0.3) is 5.65 Å². The molecule has 0 bridgehead atoms. The van der Waals surface area contributed by atoms with E-state index in [1.807, 2.05) is 28.8 Å². The number of pyridine rings is 1. The molecule has 1 saturated heterocycles. The number of guanidine groups is 1. The largest absolute Gasteiger partial charge is 0.369 e. The molecule has 0 saturated carbocycles. The zero-order chi connectivity index (χ0) is 21.5. The van der Waals surface area contributed by atoms with Crippen LogP contribution in [0, 0.1) is 0 Å². The summed E-state index contributed by atoms with van der Waals surface area (Å²) in [6, 6.07) is 17.0. The summed E-state index contributed by atoms with van der Waals surface area (Å²) in [4.78, 5) is 9.73. The van der Waals surface area contributed by atoms with Crippen LogP contribution in [-0.4, -0.2) is 70.8 Å². The Balaban J connectivity index is 1.29. The van der Waals surface area contributed by atoms with Gasteiger partial charge in [-0.15, -0.1) is 10.2 Å². The number of fused-ring (bicyclic) bond motifs is 1. The Labute approximate surface area is 184 Å². The number of hydrogen-bond donors (Lipinski definition) is 2. The van der Waals surface area contributed by atoms with E-state index < -0.39 is 0 Å². The molecule has 0 aliphatic carbocycles. The van der Waals surface area contributed by atoms with Crippen LogP contribution < -0.4 is 15.5 Å². The van der Waals surface area contributed by atoms with Crippen molar-refractivity contribution in [3.05, 3.63) is 60.6 Å². The molecule has 3 heterocycles. The van der Waals surface area contributed by atoms with Gasteiger partial charge in [0, 0.05) is 57.2 Å². The SMILES string of the molecule is CCNC(=NCc1nnc2ccccn12)NCC(C)N1CCN(c2ccccc2)CC1. The first-order valence-corrected chi connectivity index (χ1v) is 11.1. The minimum absolute atomic E-state index is 0.427. The molecule has 0 amide bonds. The quantitative estimate of drug-likeness (QED) is 0.450. The normalized spacial score (nSPS) is 16.5. The van der Waals surface area contributed by atoms with Crippen LogP contribution >= 0.6 is 0 Å². The fourth-order valence-electron chi connectivity index (χ4n) is 3.92. The van der Waals surface area contributed by atoms with Crippen molar-refractivity contribution in [2.24, 2.45) is 4.99 Å². The van der Waals surface area contributed by atoms with Crippen LogP contribution in [0.1, 0.15) is 19.7 Å². The molecule has 1 atom stereocenters. The maximum Gasteiger partial charge on any atom is 0.191 e. The zero-order valence-corrected chi connectivity index (χ0v) is 18.4. The van der Waals surface area contributed by atoms with Crippen LogP contribution in [0.2, 0.25) is 0 Å². The molecule has 0 radical (unpaired) electrons. The van der Waals surface area contributed by atoms with Crippen LogP contribution in [0.3, 0.4) is 0 Å². The lowest BCUT2D eigenvalue weighted by Gasteiger charge is -2.39. The summed E-state index contributed by atoms with van der Waals surface area (Å²) in [7, 11) is 0. The summed E-state index contributed by atoms with van der Waals surface area (Å²) in [5.41, 5.74) is 2.16. The number of aromatic nitrogens is 3. The molecule has 8 nitrogen and oxygen atoms in total. The number of nitrogens with zero attached hydrogens (tertiary/aromatic N) is 6. The second-order valence-corrected chi connectivity index (χ2v) is 7.83. The highest BCUT2D eigenvalue weighted by Crippen LogP contribution is 2.16. The number of rotatable bonds is 7. The molecule has 8 heteroatoms. The first kappa shape index (κ1) is 21.1. The van der Waals surface area contributed by atoms with E-state index in [9.17, 15) is 0 Å². The van der Waals surface area contributed by atoms with Gasteiger partial charge in [0.15, 0.2) is 17.4 Å². The van der Waals surface area contributed by atoms with Crippen molar-refractivity contribution >= 4 is 17.3 Å². The highest BCUT2D eigenvalue weighted by Gasteiger charge is 2.21. The molecular weight excluding hydrogens is 388 g/mol. The van der Waals surface area contributed by atoms with Crippen LogP contribution in [0.15, 0.2) is 59.7 Å². The van der Waals surface area contributed by atoms with Crippen molar-refractivity contribution in [2.75, 3.05) is 44.2 Å². The molecule has 4 rings (SSSR count). The average Bonchev–Trinajstić information content (AvgIpc) is 3.24. The number of piperazine rings is 1. The molecule has 1 fully saturated rings. The summed E-state index contributed by atoms with van der Waals surface area (Å²) in [6.45, 7) is 10.7. The van der Waals surface area contributed by atoms with Crippen LogP contribution in [0.5, 0.6) is 0 Å². The van der Waals surface area contributed by atoms with Crippen LogP contribution in [0.4, 0.5) is 5.69 Å². The van der Waals surface area contributed by atoms with Gasteiger partial charge in [-0.05, 0) is 38.1 Å². The topological polar surface area (TPSA) is 73.1 Å². The lowest BCUT2D eigenvalue weighted by molar-refractivity contribution is 0.197. The molecule has 3 aromatic rings. The fraction of sp³-hybridized carbons (Fsp3) is 0.435. The highest BCUT2D eigenvalue weighted by molar-refractivity contribution is 5.79. The van der Waals surface area contributed by atoms with E-state index in [-0.39, 0.29) is 0 Å². The Morgan fingerprint density at radius 2 is 1.77 bits per heavy atom. The molecule has 1 aliphatic rings. The van der Waals surface area contributed by atoms with Crippen molar-refractivity contribution in [1.29, 1.82) is 0 Å². The molecule has 1 unspecified atom stereocenters. The Morgan fingerprint density at radius 1 is 1.00 bits per heavy atom. The van der Waals surface area contributed by atoms with Crippen molar-refractivity contribution in [3.8, 4) is 0 Å². The monoisotopic (exact) mass is 420 g/mol. The molecule has 2 aromatic heterocycles. The molecule has 1 aliphatic heterocycles. The summed E-state index contributed by atoms with van der Waals surface area (Å²) in [6.07, 6.45) is 1.97. The van der Waals surface area contributed by atoms with E-state index in [2.05, 4.69) is 74.8 Å². The number of para-hydroxylation sites is 1. The minimum Gasteiger partial charge on any atom is -0.369 e. The smallest absolute Gasteiger partial charge is 0.191 e. The summed E-state index contributed by atoms with van der Waals surface area (Å²) in [5, 5.41) is 15.3. The molecular formula is C23H32N8. The zero-order valence-electron chi connectivity index (χ0n) is 18.4. The number of anilines is 1. The van der Waals surface area contributed by atoms with E-state index in [1.54, 1.807) is 0 Å². The van der Waals surface area contributed by atoms with E-state index in [0.717, 1.165) is 56.7 Å². The fourth-order valence-corrected chi connectivity index (χ4v) is 3.92. The predicted molar refractivity (Wildman–Crippen MR) is 125 cm³/mol. The van der Waals surface area contributed by atoms with Crippen molar-refractivity contribution in [1.82, 2.24) is 30.1 Å². The third kappa shape index (κ3) is 5.32. The Hall–Kier alpha value is -3.13. The van der Waals surface area contributed by atoms with Gasteiger partial charge < -0.3 is 15.5 Å². The number of hydrogen-bond acceptors (Lipinski definition) is 5. The average molecular weight is 421 g/mol. The third-order valence-corrected chi connectivity index (χ3v) is 5.73. The second kappa shape index (κ2) is 10.3. The van der Waals surface area contributed by atoms with Crippen LogP contribution in [-0.2, 0) is 6.54 Å². The van der Waals surface area contributed by atoms with Gasteiger partial charge in [0.05, 0.1) is 0 Å². The lowest BCUT2D eigenvalue weighted by atomic mass is 10.2. The van der Waals surface area contributed by atoms with Gasteiger partial charge in [0.25, 0.3) is 0 Å². The first-order chi connectivity index (χ1) is 15.2.